The van der Waals surface area contributed by atoms with Crippen molar-refractivity contribution in [3.63, 3.8) is 0 Å². The van der Waals surface area contributed by atoms with Gasteiger partial charge in [-0.3, -0.25) is 0 Å². The Hall–Kier alpha value is -0.990. The van der Waals surface area contributed by atoms with Crippen LogP contribution in [0.4, 0.5) is 0 Å². The normalized spacial score (nSPS) is 10.9. The lowest BCUT2D eigenvalue weighted by Crippen LogP contribution is -1.93. The molecule has 0 aliphatic rings. The van der Waals surface area contributed by atoms with Crippen LogP contribution in [0.25, 0.3) is 10.4 Å². The number of ether oxygens (including phenoxy) is 1. The summed E-state index contributed by atoms with van der Waals surface area (Å²) < 4.78 is 5.66. The number of hydrogen-bond donors (Lipinski definition) is 0. The Balaban J connectivity index is 2.44. The zero-order chi connectivity index (χ0) is 13.1. The van der Waals surface area contributed by atoms with Crippen LogP contribution < -0.4 is 4.74 Å². The average Bonchev–Trinajstić information content (AvgIpc) is 2.81. The van der Waals surface area contributed by atoms with E-state index in [1.54, 1.807) is 11.3 Å². The molecule has 96 valence electrons. The maximum absolute atomic E-state index is 6.09. The van der Waals surface area contributed by atoms with E-state index >= 15 is 0 Å². The molecule has 0 aliphatic carbocycles. The van der Waals surface area contributed by atoms with Crippen LogP contribution in [0.3, 0.4) is 0 Å². The lowest BCUT2D eigenvalue weighted by Gasteiger charge is -2.09. The predicted octanol–water partition coefficient (Wildman–Crippen LogP) is 5.59. The Labute approximate surface area is 117 Å². The minimum atomic E-state index is 0.554. The van der Waals surface area contributed by atoms with E-state index in [1.165, 1.54) is 9.75 Å². The van der Waals surface area contributed by atoms with Crippen molar-refractivity contribution >= 4 is 22.9 Å². The number of thiophene rings is 1. The van der Waals surface area contributed by atoms with Crippen molar-refractivity contribution in [3.8, 4) is 16.2 Å². The summed E-state index contributed by atoms with van der Waals surface area (Å²) in [5, 5.41) is 0.743. The molecule has 1 heterocycles. The van der Waals surface area contributed by atoms with Crippen LogP contribution in [0, 0.1) is 0 Å². The van der Waals surface area contributed by atoms with Crippen LogP contribution in [0.1, 0.15) is 31.6 Å². The van der Waals surface area contributed by atoms with E-state index in [9.17, 15) is 0 Å². The molecular formula is C15H17ClOS. The van der Waals surface area contributed by atoms with Crippen LogP contribution in [-0.4, -0.2) is 6.61 Å². The van der Waals surface area contributed by atoms with Gasteiger partial charge in [-0.05, 0) is 43.2 Å². The van der Waals surface area contributed by atoms with Gasteiger partial charge in [0, 0.05) is 20.3 Å². The van der Waals surface area contributed by atoms with Crippen LogP contribution in [0.15, 0.2) is 30.3 Å². The van der Waals surface area contributed by atoms with Gasteiger partial charge in [0.1, 0.15) is 5.75 Å². The minimum absolute atomic E-state index is 0.554. The molecule has 1 aromatic heterocycles. The Morgan fingerprint density at radius 3 is 2.61 bits per heavy atom. The zero-order valence-electron chi connectivity index (χ0n) is 10.9. The van der Waals surface area contributed by atoms with Crippen LogP contribution in [0.2, 0.25) is 5.02 Å². The molecule has 0 atom stereocenters. The minimum Gasteiger partial charge on any atom is -0.493 e. The Bertz CT molecular complexity index is 531. The Morgan fingerprint density at radius 2 is 2.00 bits per heavy atom. The van der Waals surface area contributed by atoms with Crippen molar-refractivity contribution in [2.45, 2.75) is 26.7 Å². The van der Waals surface area contributed by atoms with Gasteiger partial charge in [0.05, 0.1) is 6.61 Å². The second kappa shape index (κ2) is 5.77. The number of hydrogen-bond acceptors (Lipinski definition) is 2. The van der Waals surface area contributed by atoms with Crippen molar-refractivity contribution in [1.29, 1.82) is 0 Å². The first kappa shape index (κ1) is 13.4. The highest BCUT2D eigenvalue weighted by Gasteiger charge is 2.11. The molecule has 2 aromatic rings. The first-order valence-electron chi connectivity index (χ1n) is 6.14. The quantitative estimate of drug-likeness (QED) is 0.709. The highest BCUT2D eigenvalue weighted by Crippen LogP contribution is 2.38. The molecule has 1 aromatic carbocycles. The van der Waals surface area contributed by atoms with Gasteiger partial charge in [0.15, 0.2) is 0 Å². The summed E-state index contributed by atoms with van der Waals surface area (Å²) >= 11 is 7.89. The van der Waals surface area contributed by atoms with E-state index in [0.717, 1.165) is 16.3 Å². The fourth-order valence-electron chi connectivity index (χ4n) is 1.78. The van der Waals surface area contributed by atoms with E-state index in [2.05, 4.69) is 26.0 Å². The molecule has 1 nitrogen and oxygen atoms in total. The molecule has 0 saturated heterocycles. The van der Waals surface area contributed by atoms with Crippen LogP contribution >= 0.6 is 22.9 Å². The first-order chi connectivity index (χ1) is 8.61. The molecule has 3 heteroatoms. The van der Waals surface area contributed by atoms with Crippen LogP contribution in [0.5, 0.6) is 5.75 Å². The smallest absolute Gasteiger partial charge is 0.128 e. The van der Waals surface area contributed by atoms with Gasteiger partial charge in [-0.1, -0.05) is 25.4 Å². The molecule has 0 unspecified atom stereocenters. The van der Waals surface area contributed by atoms with Gasteiger partial charge < -0.3 is 4.74 Å². The second-order valence-electron chi connectivity index (χ2n) is 4.43. The molecule has 0 N–H and O–H groups in total. The molecule has 0 bridgehead atoms. The summed E-state index contributed by atoms with van der Waals surface area (Å²) in [5.74, 6) is 1.46. The molecule has 18 heavy (non-hydrogen) atoms. The van der Waals surface area contributed by atoms with Gasteiger partial charge in [0.2, 0.25) is 0 Å². The third kappa shape index (κ3) is 2.88. The summed E-state index contributed by atoms with van der Waals surface area (Å²) in [6, 6.07) is 10.1. The highest BCUT2D eigenvalue weighted by atomic mass is 35.5. The van der Waals surface area contributed by atoms with Crippen molar-refractivity contribution in [2.24, 2.45) is 0 Å². The van der Waals surface area contributed by atoms with Crippen molar-refractivity contribution < 1.29 is 4.74 Å². The van der Waals surface area contributed by atoms with Crippen molar-refractivity contribution in [2.75, 3.05) is 6.61 Å². The maximum Gasteiger partial charge on any atom is 0.128 e. The Morgan fingerprint density at radius 1 is 1.22 bits per heavy atom. The SMILES string of the molecule is CCOc1ccc(Cl)cc1-c1ccc(C(C)C)s1. The first-order valence-corrected chi connectivity index (χ1v) is 7.33. The molecule has 0 aliphatic heterocycles. The summed E-state index contributed by atoms with van der Waals surface area (Å²) in [4.78, 5) is 2.59. The van der Waals surface area contributed by atoms with Gasteiger partial charge in [-0.15, -0.1) is 11.3 Å². The van der Waals surface area contributed by atoms with E-state index < -0.39 is 0 Å². The second-order valence-corrected chi connectivity index (χ2v) is 5.98. The van der Waals surface area contributed by atoms with Crippen molar-refractivity contribution in [3.05, 3.63) is 40.2 Å². The van der Waals surface area contributed by atoms with Crippen molar-refractivity contribution in [1.82, 2.24) is 0 Å². The maximum atomic E-state index is 6.09. The predicted molar refractivity (Wildman–Crippen MR) is 80.0 cm³/mol. The Kier molecular flexibility index (Phi) is 4.31. The molecule has 0 amide bonds. The monoisotopic (exact) mass is 280 g/mol. The molecule has 0 radical (unpaired) electrons. The van der Waals surface area contributed by atoms with E-state index in [0.29, 0.717) is 12.5 Å². The third-order valence-electron chi connectivity index (χ3n) is 2.70. The van der Waals surface area contributed by atoms with Gasteiger partial charge in [-0.25, -0.2) is 0 Å². The molecule has 0 fully saturated rings. The standard InChI is InChI=1S/C15H17ClOS/c1-4-17-13-6-5-11(16)9-12(13)15-8-7-14(18-15)10(2)3/h5-10H,4H2,1-3H3. The zero-order valence-corrected chi connectivity index (χ0v) is 12.4. The summed E-state index contributed by atoms with van der Waals surface area (Å²) in [7, 11) is 0. The van der Waals surface area contributed by atoms with Crippen LogP contribution in [-0.2, 0) is 0 Å². The largest absolute Gasteiger partial charge is 0.493 e. The van der Waals surface area contributed by atoms with Gasteiger partial charge in [0.25, 0.3) is 0 Å². The highest BCUT2D eigenvalue weighted by molar-refractivity contribution is 7.15. The molecule has 0 saturated carbocycles. The van der Waals surface area contributed by atoms with E-state index in [4.69, 9.17) is 16.3 Å². The summed E-state index contributed by atoms with van der Waals surface area (Å²) in [5.41, 5.74) is 1.08. The lowest BCUT2D eigenvalue weighted by atomic mass is 10.1. The summed E-state index contributed by atoms with van der Waals surface area (Å²) in [6.07, 6.45) is 0. The number of halogens is 1. The summed E-state index contributed by atoms with van der Waals surface area (Å²) in [6.45, 7) is 7.07. The van der Waals surface area contributed by atoms with E-state index in [-0.39, 0.29) is 0 Å². The number of benzene rings is 1. The molecule has 0 spiro atoms. The average molecular weight is 281 g/mol. The molecular weight excluding hydrogens is 264 g/mol. The fourth-order valence-corrected chi connectivity index (χ4v) is 2.99. The van der Waals surface area contributed by atoms with E-state index in [1.807, 2.05) is 25.1 Å². The third-order valence-corrected chi connectivity index (χ3v) is 4.36. The van der Waals surface area contributed by atoms with Gasteiger partial charge >= 0.3 is 0 Å². The lowest BCUT2D eigenvalue weighted by molar-refractivity contribution is 0.341. The molecule has 2 rings (SSSR count). The van der Waals surface area contributed by atoms with Gasteiger partial charge in [-0.2, -0.15) is 0 Å². The topological polar surface area (TPSA) is 9.23 Å². The fraction of sp³-hybridized carbons (Fsp3) is 0.333. The number of rotatable bonds is 4.